The normalized spacial score (nSPS) is 10.6. The predicted molar refractivity (Wildman–Crippen MR) is 119 cm³/mol. The van der Waals surface area contributed by atoms with Gasteiger partial charge in [-0.2, -0.15) is 0 Å². The highest BCUT2D eigenvalue weighted by molar-refractivity contribution is 6.08. The number of hydrogen-bond acceptors (Lipinski definition) is 3. The lowest BCUT2D eigenvalue weighted by Gasteiger charge is -2.10. The Hall–Kier alpha value is -3.92. The van der Waals surface area contributed by atoms with Gasteiger partial charge in [0, 0.05) is 5.56 Å². The number of fused-ring (bicyclic) bond motifs is 1. The highest BCUT2D eigenvalue weighted by atomic mass is 16.5. The molecule has 0 aromatic heterocycles. The van der Waals surface area contributed by atoms with Crippen LogP contribution in [0.1, 0.15) is 31.8 Å². The molecule has 0 radical (unpaired) electrons. The topological polar surface area (TPSA) is 55.4 Å². The van der Waals surface area contributed by atoms with Gasteiger partial charge >= 0.3 is 5.97 Å². The van der Waals surface area contributed by atoms with Crippen molar-refractivity contribution in [1.29, 1.82) is 0 Å². The fraction of sp³-hybridized carbons (Fsp3) is 0.0769. The molecular formula is C26H21NO3. The Morgan fingerprint density at radius 2 is 1.43 bits per heavy atom. The molecule has 4 aromatic carbocycles. The molecular weight excluding hydrogens is 374 g/mol. The van der Waals surface area contributed by atoms with Crippen molar-refractivity contribution in [3.8, 4) is 0 Å². The lowest BCUT2D eigenvalue weighted by Crippen LogP contribution is -2.15. The van der Waals surface area contributed by atoms with Crippen LogP contribution in [0.5, 0.6) is 0 Å². The van der Waals surface area contributed by atoms with Crippen molar-refractivity contribution in [3.63, 3.8) is 0 Å². The highest BCUT2D eigenvalue weighted by Gasteiger charge is 2.14. The molecule has 0 unspecified atom stereocenters. The minimum Gasteiger partial charge on any atom is -0.465 e. The van der Waals surface area contributed by atoms with Gasteiger partial charge < -0.3 is 10.1 Å². The fourth-order valence-electron chi connectivity index (χ4n) is 3.43. The first-order valence-electron chi connectivity index (χ1n) is 9.69. The highest BCUT2D eigenvalue weighted by Crippen LogP contribution is 2.20. The number of anilines is 1. The summed E-state index contributed by atoms with van der Waals surface area (Å²) in [6.07, 6.45) is 0.790. The molecule has 0 saturated carbocycles. The third kappa shape index (κ3) is 4.23. The Labute approximate surface area is 175 Å². The molecule has 0 spiro atoms. The van der Waals surface area contributed by atoms with Crippen LogP contribution in [0.3, 0.4) is 0 Å². The quantitative estimate of drug-likeness (QED) is 0.456. The summed E-state index contributed by atoms with van der Waals surface area (Å²) in [5.41, 5.74) is 3.61. The van der Waals surface area contributed by atoms with Crippen LogP contribution in [-0.2, 0) is 11.2 Å². The van der Waals surface area contributed by atoms with E-state index in [1.807, 2.05) is 24.3 Å². The number of rotatable bonds is 5. The van der Waals surface area contributed by atoms with Crippen molar-refractivity contribution in [1.82, 2.24) is 0 Å². The van der Waals surface area contributed by atoms with Crippen molar-refractivity contribution >= 4 is 28.3 Å². The zero-order chi connectivity index (χ0) is 20.9. The van der Waals surface area contributed by atoms with Gasteiger partial charge in [-0.3, -0.25) is 4.79 Å². The Balaban J connectivity index is 1.48. The molecule has 4 rings (SSSR count). The third-order valence-corrected chi connectivity index (χ3v) is 5.02. The summed E-state index contributed by atoms with van der Waals surface area (Å²) < 4.78 is 4.77. The number of amides is 1. The second-order valence-corrected chi connectivity index (χ2v) is 7.05. The van der Waals surface area contributed by atoms with Crippen LogP contribution in [0.4, 0.5) is 5.69 Å². The van der Waals surface area contributed by atoms with Crippen molar-refractivity contribution in [3.05, 3.63) is 113 Å². The van der Waals surface area contributed by atoms with Crippen molar-refractivity contribution in [2.24, 2.45) is 0 Å². The van der Waals surface area contributed by atoms with E-state index in [2.05, 4.69) is 35.6 Å². The van der Waals surface area contributed by atoms with E-state index in [0.717, 1.165) is 12.0 Å². The number of carbonyl (C=O) groups excluding carboxylic acids is 2. The van der Waals surface area contributed by atoms with Gasteiger partial charge in [-0.15, -0.1) is 0 Å². The van der Waals surface area contributed by atoms with E-state index in [0.29, 0.717) is 16.8 Å². The molecule has 30 heavy (non-hydrogen) atoms. The number of esters is 1. The van der Waals surface area contributed by atoms with E-state index in [4.69, 9.17) is 4.74 Å². The average Bonchev–Trinajstić information content (AvgIpc) is 2.79. The second-order valence-electron chi connectivity index (χ2n) is 7.05. The molecule has 4 aromatic rings. The summed E-state index contributed by atoms with van der Waals surface area (Å²) in [5, 5.41) is 5.23. The first kappa shape index (κ1) is 19.4. The largest absolute Gasteiger partial charge is 0.465 e. The minimum atomic E-state index is -0.489. The van der Waals surface area contributed by atoms with E-state index < -0.39 is 5.97 Å². The molecule has 1 amide bonds. The monoisotopic (exact) mass is 395 g/mol. The number of benzene rings is 4. The number of carbonyl (C=O) groups is 2. The first-order valence-corrected chi connectivity index (χ1v) is 9.69. The van der Waals surface area contributed by atoms with Crippen LogP contribution < -0.4 is 5.32 Å². The van der Waals surface area contributed by atoms with Crippen LogP contribution in [-0.4, -0.2) is 19.0 Å². The Morgan fingerprint density at radius 1 is 0.767 bits per heavy atom. The van der Waals surface area contributed by atoms with E-state index in [1.165, 1.54) is 23.4 Å². The molecule has 0 aliphatic rings. The summed E-state index contributed by atoms with van der Waals surface area (Å²) >= 11 is 0. The maximum Gasteiger partial charge on any atom is 0.339 e. The Bertz CT molecular complexity index is 1210. The Kier molecular flexibility index (Phi) is 5.57. The van der Waals surface area contributed by atoms with Crippen LogP contribution in [0.15, 0.2) is 91.0 Å². The number of para-hydroxylation sites is 1. The molecule has 0 heterocycles. The molecule has 0 aliphatic heterocycles. The molecule has 1 N–H and O–H groups in total. The first-order chi connectivity index (χ1) is 14.6. The van der Waals surface area contributed by atoms with E-state index in [1.54, 1.807) is 36.4 Å². The number of hydrogen-bond donors (Lipinski definition) is 1. The lowest BCUT2D eigenvalue weighted by molar-refractivity contribution is 0.0602. The van der Waals surface area contributed by atoms with Crippen molar-refractivity contribution in [2.45, 2.75) is 6.42 Å². The third-order valence-electron chi connectivity index (χ3n) is 5.02. The van der Waals surface area contributed by atoms with Gasteiger partial charge in [-0.05, 0) is 52.6 Å². The number of methoxy groups -OCH3 is 1. The predicted octanol–water partition coefficient (Wildman–Crippen LogP) is 5.47. The van der Waals surface area contributed by atoms with Gasteiger partial charge in [0.25, 0.3) is 5.91 Å². The molecule has 0 fully saturated rings. The van der Waals surface area contributed by atoms with Crippen molar-refractivity contribution in [2.75, 3.05) is 12.4 Å². The van der Waals surface area contributed by atoms with Crippen LogP contribution >= 0.6 is 0 Å². The fourth-order valence-corrected chi connectivity index (χ4v) is 3.43. The smallest absolute Gasteiger partial charge is 0.339 e. The SMILES string of the molecule is COC(=O)c1ccccc1NC(=O)c1ccc(Cc2ccc3ccccc3c2)cc1. The maximum atomic E-state index is 12.6. The van der Waals surface area contributed by atoms with Crippen LogP contribution in [0, 0.1) is 0 Å². The van der Waals surface area contributed by atoms with E-state index in [-0.39, 0.29) is 5.91 Å². The maximum absolute atomic E-state index is 12.6. The molecule has 4 nitrogen and oxygen atoms in total. The van der Waals surface area contributed by atoms with Gasteiger partial charge in [0.2, 0.25) is 0 Å². The minimum absolute atomic E-state index is 0.274. The van der Waals surface area contributed by atoms with Gasteiger partial charge in [-0.1, -0.05) is 66.7 Å². The molecule has 0 aliphatic carbocycles. The Morgan fingerprint density at radius 3 is 2.20 bits per heavy atom. The summed E-state index contributed by atoms with van der Waals surface area (Å²) in [4.78, 5) is 24.5. The summed E-state index contributed by atoms with van der Waals surface area (Å²) in [5.74, 6) is -0.764. The standard InChI is InChI=1S/C26H21NO3/c1-30-26(29)23-8-4-5-9-24(23)27-25(28)21-14-10-18(11-15-21)16-19-12-13-20-6-2-3-7-22(20)17-19/h2-15,17H,16H2,1H3,(H,27,28). The van der Waals surface area contributed by atoms with Crippen LogP contribution in [0.25, 0.3) is 10.8 Å². The summed E-state index contributed by atoms with van der Waals surface area (Å²) in [7, 11) is 1.31. The number of nitrogens with one attached hydrogen (secondary N) is 1. The van der Waals surface area contributed by atoms with Crippen molar-refractivity contribution < 1.29 is 14.3 Å². The van der Waals surface area contributed by atoms with Crippen LogP contribution in [0.2, 0.25) is 0 Å². The second kappa shape index (κ2) is 8.62. The molecule has 148 valence electrons. The van der Waals surface area contributed by atoms with E-state index >= 15 is 0 Å². The summed E-state index contributed by atoms with van der Waals surface area (Å²) in [6.45, 7) is 0. The summed E-state index contributed by atoms with van der Waals surface area (Å²) in [6, 6.07) is 29.0. The van der Waals surface area contributed by atoms with Gasteiger partial charge in [0.15, 0.2) is 0 Å². The zero-order valence-corrected chi connectivity index (χ0v) is 16.6. The molecule has 0 atom stereocenters. The average molecular weight is 395 g/mol. The molecule has 0 saturated heterocycles. The van der Waals surface area contributed by atoms with Gasteiger partial charge in [0.05, 0.1) is 18.4 Å². The van der Waals surface area contributed by atoms with Gasteiger partial charge in [-0.25, -0.2) is 4.79 Å². The zero-order valence-electron chi connectivity index (χ0n) is 16.6. The molecule has 0 bridgehead atoms. The lowest BCUT2D eigenvalue weighted by atomic mass is 10.0. The molecule has 4 heteroatoms. The van der Waals surface area contributed by atoms with E-state index in [9.17, 15) is 9.59 Å². The number of ether oxygens (including phenoxy) is 1. The van der Waals surface area contributed by atoms with Gasteiger partial charge in [0.1, 0.15) is 0 Å².